The second-order valence-electron chi connectivity index (χ2n) is 4.55. The first kappa shape index (κ1) is 12.6. The van der Waals surface area contributed by atoms with Gasteiger partial charge in [-0.05, 0) is 37.0 Å². The molecule has 0 aliphatic carbocycles. The van der Waals surface area contributed by atoms with Crippen LogP contribution in [0.3, 0.4) is 0 Å². The molecule has 0 aliphatic rings. The molecule has 3 heteroatoms. The quantitative estimate of drug-likeness (QED) is 0.766. The maximum Gasteiger partial charge on any atom is 0.224 e. The van der Waals surface area contributed by atoms with E-state index in [4.69, 9.17) is 5.73 Å². The van der Waals surface area contributed by atoms with Crippen molar-refractivity contribution in [1.29, 1.82) is 0 Å². The molecule has 0 atom stereocenters. The zero-order chi connectivity index (χ0) is 12.1. The molecule has 0 unspecified atom stereocenters. The Morgan fingerprint density at radius 1 is 1.44 bits per heavy atom. The third-order valence-corrected chi connectivity index (χ3v) is 2.51. The van der Waals surface area contributed by atoms with Gasteiger partial charge in [-0.15, -0.1) is 0 Å². The summed E-state index contributed by atoms with van der Waals surface area (Å²) >= 11 is 0. The number of rotatable bonds is 4. The molecule has 1 aromatic carbocycles. The summed E-state index contributed by atoms with van der Waals surface area (Å²) in [6.07, 6.45) is 1.47. The fourth-order valence-electron chi connectivity index (χ4n) is 1.36. The van der Waals surface area contributed by atoms with Crippen molar-refractivity contribution < 1.29 is 4.79 Å². The third-order valence-electron chi connectivity index (χ3n) is 2.51. The predicted octanol–water partition coefficient (Wildman–Crippen LogP) is 2.95. The summed E-state index contributed by atoms with van der Waals surface area (Å²) in [5.41, 5.74) is 8.28. The molecule has 0 spiro atoms. The number of hydrogen-bond donors (Lipinski definition) is 2. The van der Waals surface area contributed by atoms with Gasteiger partial charge in [-0.1, -0.05) is 19.9 Å². The van der Waals surface area contributed by atoms with E-state index >= 15 is 0 Å². The van der Waals surface area contributed by atoms with E-state index in [0.717, 1.165) is 17.7 Å². The van der Waals surface area contributed by atoms with Gasteiger partial charge >= 0.3 is 0 Å². The number of nitrogens with one attached hydrogen (secondary N) is 1. The van der Waals surface area contributed by atoms with Crippen LogP contribution in [0.1, 0.15) is 32.3 Å². The highest BCUT2D eigenvalue weighted by atomic mass is 16.1. The van der Waals surface area contributed by atoms with E-state index in [-0.39, 0.29) is 5.91 Å². The average Bonchev–Trinajstić information content (AvgIpc) is 2.21. The van der Waals surface area contributed by atoms with E-state index in [0.29, 0.717) is 18.0 Å². The van der Waals surface area contributed by atoms with E-state index in [1.807, 2.05) is 19.1 Å². The molecular formula is C13H20N2O. The molecule has 1 aromatic rings. The number of amides is 1. The van der Waals surface area contributed by atoms with Crippen molar-refractivity contribution in [3.05, 3.63) is 23.8 Å². The first-order chi connectivity index (χ1) is 7.49. The van der Waals surface area contributed by atoms with Gasteiger partial charge in [0.25, 0.3) is 0 Å². The minimum absolute atomic E-state index is 0.0527. The summed E-state index contributed by atoms with van der Waals surface area (Å²) in [7, 11) is 0. The Bertz CT molecular complexity index is 372. The highest BCUT2D eigenvalue weighted by Crippen LogP contribution is 2.17. The number of nitrogens with two attached hydrogens (primary N) is 1. The Morgan fingerprint density at radius 3 is 2.69 bits per heavy atom. The summed E-state index contributed by atoms with van der Waals surface area (Å²) in [4.78, 5) is 11.6. The first-order valence-electron chi connectivity index (χ1n) is 5.65. The Hall–Kier alpha value is -1.51. The average molecular weight is 220 g/mol. The highest BCUT2D eigenvalue weighted by Gasteiger charge is 2.04. The number of anilines is 2. The fraction of sp³-hybridized carbons (Fsp3) is 0.462. The zero-order valence-corrected chi connectivity index (χ0v) is 10.2. The van der Waals surface area contributed by atoms with Crippen LogP contribution in [0.5, 0.6) is 0 Å². The molecule has 0 aliphatic heterocycles. The lowest BCUT2D eigenvalue weighted by Gasteiger charge is -2.08. The number of carbonyl (C=O) groups excluding carboxylic acids is 1. The van der Waals surface area contributed by atoms with Crippen LogP contribution < -0.4 is 11.1 Å². The van der Waals surface area contributed by atoms with Crippen LogP contribution in [0.4, 0.5) is 11.4 Å². The van der Waals surface area contributed by atoms with Gasteiger partial charge in [-0.2, -0.15) is 0 Å². The van der Waals surface area contributed by atoms with Gasteiger partial charge < -0.3 is 11.1 Å². The Balaban J connectivity index is 2.53. The third kappa shape index (κ3) is 3.93. The van der Waals surface area contributed by atoms with Crippen LogP contribution >= 0.6 is 0 Å². The number of hydrogen-bond acceptors (Lipinski definition) is 2. The van der Waals surface area contributed by atoms with Crippen molar-refractivity contribution in [2.45, 2.75) is 33.6 Å². The van der Waals surface area contributed by atoms with Crippen molar-refractivity contribution in [3.8, 4) is 0 Å². The molecule has 3 N–H and O–H groups in total. The van der Waals surface area contributed by atoms with Gasteiger partial charge in [-0.25, -0.2) is 0 Å². The summed E-state index contributed by atoms with van der Waals surface area (Å²) in [5, 5.41) is 2.85. The maximum absolute atomic E-state index is 11.6. The fourth-order valence-corrected chi connectivity index (χ4v) is 1.36. The number of carbonyl (C=O) groups is 1. The lowest BCUT2D eigenvalue weighted by molar-refractivity contribution is -0.116. The predicted molar refractivity (Wildman–Crippen MR) is 68.3 cm³/mol. The van der Waals surface area contributed by atoms with Crippen molar-refractivity contribution in [1.82, 2.24) is 0 Å². The van der Waals surface area contributed by atoms with Crippen LogP contribution in [0.15, 0.2) is 18.2 Å². The maximum atomic E-state index is 11.6. The molecule has 0 saturated carbocycles. The molecule has 0 saturated heterocycles. The zero-order valence-electron chi connectivity index (χ0n) is 10.2. The van der Waals surface area contributed by atoms with E-state index in [2.05, 4.69) is 19.2 Å². The van der Waals surface area contributed by atoms with Gasteiger partial charge in [0.1, 0.15) is 0 Å². The van der Waals surface area contributed by atoms with Crippen LogP contribution in [-0.2, 0) is 4.79 Å². The van der Waals surface area contributed by atoms with Crippen LogP contribution in [-0.4, -0.2) is 5.91 Å². The van der Waals surface area contributed by atoms with Gasteiger partial charge in [0.2, 0.25) is 5.91 Å². The number of aryl methyl sites for hydroxylation is 1. The van der Waals surface area contributed by atoms with E-state index < -0.39 is 0 Å². The largest absolute Gasteiger partial charge is 0.398 e. The van der Waals surface area contributed by atoms with Crippen molar-refractivity contribution in [3.63, 3.8) is 0 Å². The standard InChI is InChI=1S/C13H20N2O/c1-9(2)4-7-13(16)15-11-6-5-10(3)12(14)8-11/h5-6,8-9H,4,7,14H2,1-3H3,(H,15,16). The summed E-state index contributed by atoms with van der Waals surface area (Å²) in [6.45, 7) is 6.16. The Morgan fingerprint density at radius 2 is 2.12 bits per heavy atom. The van der Waals surface area contributed by atoms with E-state index in [9.17, 15) is 4.79 Å². The summed E-state index contributed by atoms with van der Waals surface area (Å²) in [5.74, 6) is 0.603. The topological polar surface area (TPSA) is 55.1 Å². The lowest BCUT2D eigenvalue weighted by Crippen LogP contribution is -2.12. The van der Waals surface area contributed by atoms with Gasteiger partial charge in [0, 0.05) is 17.8 Å². The second-order valence-corrected chi connectivity index (χ2v) is 4.55. The molecule has 0 heterocycles. The molecule has 1 rings (SSSR count). The van der Waals surface area contributed by atoms with Gasteiger partial charge in [-0.3, -0.25) is 4.79 Å². The molecule has 0 fully saturated rings. The molecule has 16 heavy (non-hydrogen) atoms. The lowest BCUT2D eigenvalue weighted by atomic mass is 10.1. The van der Waals surface area contributed by atoms with Crippen LogP contribution in [0.2, 0.25) is 0 Å². The summed E-state index contributed by atoms with van der Waals surface area (Å²) < 4.78 is 0. The molecule has 0 aromatic heterocycles. The van der Waals surface area contributed by atoms with Crippen molar-refractivity contribution in [2.24, 2.45) is 5.92 Å². The van der Waals surface area contributed by atoms with E-state index in [1.165, 1.54) is 0 Å². The van der Waals surface area contributed by atoms with Gasteiger partial charge in [0.05, 0.1) is 0 Å². The molecule has 3 nitrogen and oxygen atoms in total. The van der Waals surface area contributed by atoms with Crippen LogP contribution in [0, 0.1) is 12.8 Å². The Labute approximate surface area is 97.0 Å². The number of nitrogen functional groups attached to an aromatic ring is 1. The molecule has 0 radical (unpaired) electrons. The minimum Gasteiger partial charge on any atom is -0.398 e. The normalized spacial score (nSPS) is 10.5. The minimum atomic E-state index is 0.0527. The summed E-state index contributed by atoms with van der Waals surface area (Å²) in [6, 6.07) is 5.58. The number of benzene rings is 1. The van der Waals surface area contributed by atoms with Crippen molar-refractivity contribution >= 4 is 17.3 Å². The first-order valence-corrected chi connectivity index (χ1v) is 5.65. The molecule has 1 amide bonds. The van der Waals surface area contributed by atoms with Crippen molar-refractivity contribution in [2.75, 3.05) is 11.1 Å². The van der Waals surface area contributed by atoms with E-state index in [1.54, 1.807) is 6.07 Å². The van der Waals surface area contributed by atoms with Crippen LogP contribution in [0.25, 0.3) is 0 Å². The molecular weight excluding hydrogens is 200 g/mol. The smallest absolute Gasteiger partial charge is 0.224 e. The van der Waals surface area contributed by atoms with Gasteiger partial charge in [0.15, 0.2) is 0 Å². The highest BCUT2D eigenvalue weighted by molar-refractivity contribution is 5.91. The second kappa shape index (κ2) is 5.54. The molecule has 88 valence electrons. The SMILES string of the molecule is Cc1ccc(NC(=O)CCC(C)C)cc1N. The Kier molecular flexibility index (Phi) is 4.35. The molecule has 0 bridgehead atoms. The monoisotopic (exact) mass is 220 g/mol.